The highest BCUT2D eigenvalue weighted by Crippen LogP contribution is 2.23. The molecule has 0 saturated carbocycles. The maximum Gasteiger partial charge on any atom is 0.223 e. The molecule has 1 fully saturated rings. The lowest BCUT2D eigenvalue weighted by Gasteiger charge is -2.25. The van der Waals surface area contributed by atoms with Gasteiger partial charge in [0.25, 0.3) is 0 Å². The van der Waals surface area contributed by atoms with Crippen molar-refractivity contribution in [2.24, 2.45) is 0 Å². The molecule has 22 heavy (non-hydrogen) atoms. The number of fused-ring (bicyclic) bond motifs is 1. The Morgan fingerprint density at radius 2 is 2.32 bits per heavy atom. The summed E-state index contributed by atoms with van der Waals surface area (Å²) in [6.45, 7) is 2.64. The first-order chi connectivity index (χ1) is 10.6. The molecular weight excluding hydrogens is 276 g/mol. The molecule has 2 heterocycles. The molecule has 0 radical (unpaired) electrons. The highest BCUT2D eigenvalue weighted by molar-refractivity contribution is 5.80. The summed E-state index contributed by atoms with van der Waals surface area (Å²) in [5.74, 6) is 0.220. The monoisotopic (exact) mass is 300 g/mol. The summed E-state index contributed by atoms with van der Waals surface area (Å²) < 4.78 is 0. The summed E-state index contributed by atoms with van der Waals surface area (Å²) in [6, 6.07) is 8.58. The second kappa shape index (κ2) is 6.53. The standard InChI is InChI=1S/C18H24N2O2/c1-13(21)11-16-3-2-10-20(16)18(22)7-5-14-4-6-17-15(12-14)8-9-19-17/h4,6,8-9,12-13,16,19,21H,2-3,5,7,10-11H2,1H3. The summed E-state index contributed by atoms with van der Waals surface area (Å²) in [6.07, 6.45) is 5.69. The van der Waals surface area contributed by atoms with E-state index in [1.165, 1.54) is 10.9 Å². The third-order valence-corrected chi connectivity index (χ3v) is 4.56. The first-order valence-corrected chi connectivity index (χ1v) is 8.17. The highest BCUT2D eigenvalue weighted by Gasteiger charge is 2.28. The van der Waals surface area contributed by atoms with Crippen molar-refractivity contribution in [3.63, 3.8) is 0 Å². The molecule has 2 unspecified atom stereocenters. The molecule has 2 N–H and O–H groups in total. The Kier molecular flexibility index (Phi) is 4.48. The van der Waals surface area contributed by atoms with Crippen LogP contribution in [0.2, 0.25) is 0 Å². The van der Waals surface area contributed by atoms with Gasteiger partial charge in [-0.15, -0.1) is 0 Å². The Morgan fingerprint density at radius 1 is 1.45 bits per heavy atom. The number of aliphatic hydroxyl groups excluding tert-OH is 1. The number of aromatic nitrogens is 1. The predicted molar refractivity (Wildman–Crippen MR) is 87.7 cm³/mol. The zero-order valence-corrected chi connectivity index (χ0v) is 13.1. The van der Waals surface area contributed by atoms with E-state index in [1.54, 1.807) is 6.92 Å². The summed E-state index contributed by atoms with van der Waals surface area (Å²) in [5, 5.41) is 10.8. The van der Waals surface area contributed by atoms with Crippen molar-refractivity contribution >= 4 is 16.8 Å². The first-order valence-electron chi connectivity index (χ1n) is 8.17. The Labute approximate surface area is 131 Å². The Morgan fingerprint density at radius 3 is 3.14 bits per heavy atom. The third-order valence-electron chi connectivity index (χ3n) is 4.56. The number of aryl methyl sites for hydroxylation is 1. The molecule has 0 aliphatic carbocycles. The second-order valence-corrected chi connectivity index (χ2v) is 6.37. The van der Waals surface area contributed by atoms with E-state index in [4.69, 9.17) is 0 Å². The largest absolute Gasteiger partial charge is 0.393 e. The van der Waals surface area contributed by atoms with Gasteiger partial charge in [0.1, 0.15) is 0 Å². The van der Waals surface area contributed by atoms with Gasteiger partial charge in [-0.2, -0.15) is 0 Å². The van der Waals surface area contributed by atoms with E-state index in [9.17, 15) is 9.90 Å². The number of nitrogens with one attached hydrogen (secondary N) is 1. The van der Waals surface area contributed by atoms with Crippen LogP contribution in [0.5, 0.6) is 0 Å². The molecule has 0 bridgehead atoms. The molecule has 1 aromatic carbocycles. The lowest BCUT2D eigenvalue weighted by Crippen LogP contribution is -2.37. The second-order valence-electron chi connectivity index (χ2n) is 6.37. The fourth-order valence-corrected chi connectivity index (χ4v) is 3.46. The number of aromatic amines is 1. The van der Waals surface area contributed by atoms with Gasteiger partial charge in [0, 0.05) is 30.7 Å². The molecule has 4 nitrogen and oxygen atoms in total. The number of carbonyl (C=O) groups is 1. The van der Waals surface area contributed by atoms with Crippen molar-refractivity contribution in [1.82, 2.24) is 9.88 Å². The van der Waals surface area contributed by atoms with Gasteiger partial charge in [0.05, 0.1) is 6.10 Å². The van der Waals surface area contributed by atoms with Crippen molar-refractivity contribution in [2.45, 2.75) is 51.2 Å². The molecule has 1 aliphatic heterocycles. The van der Waals surface area contributed by atoms with Gasteiger partial charge in [-0.1, -0.05) is 6.07 Å². The van der Waals surface area contributed by atoms with Gasteiger partial charge in [-0.05, 0) is 61.8 Å². The number of likely N-dealkylation sites (tertiary alicyclic amines) is 1. The van der Waals surface area contributed by atoms with Crippen LogP contribution in [0.3, 0.4) is 0 Å². The lowest BCUT2D eigenvalue weighted by molar-refractivity contribution is -0.132. The van der Waals surface area contributed by atoms with Gasteiger partial charge < -0.3 is 15.0 Å². The van der Waals surface area contributed by atoms with Crippen molar-refractivity contribution in [3.05, 3.63) is 36.0 Å². The van der Waals surface area contributed by atoms with Crippen LogP contribution in [0.15, 0.2) is 30.5 Å². The molecule has 3 rings (SSSR count). The summed E-state index contributed by atoms with van der Waals surface area (Å²) in [7, 11) is 0. The van der Waals surface area contributed by atoms with E-state index in [-0.39, 0.29) is 18.1 Å². The van der Waals surface area contributed by atoms with Crippen LogP contribution in [0, 0.1) is 0 Å². The fraction of sp³-hybridized carbons (Fsp3) is 0.500. The quantitative estimate of drug-likeness (QED) is 0.892. The summed E-state index contributed by atoms with van der Waals surface area (Å²) >= 11 is 0. The number of amides is 1. The molecule has 1 aromatic heterocycles. The molecule has 1 amide bonds. The molecule has 118 valence electrons. The third kappa shape index (κ3) is 3.33. The molecule has 0 spiro atoms. The number of H-pyrrole nitrogens is 1. The van der Waals surface area contributed by atoms with Crippen molar-refractivity contribution in [1.29, 1.82) is 0 Å². The SMILES string of the molecule is CC(O)CC1CCCN1C(=O)CCc1ccc2[nH]ccc2c1. The van der Waals surface area contributed by atoms with E-state index in [2.05, 4.69) is 29.2 Å². The zero-order chi connectivity index (χ0) is 15.5. The van der Waals surface area contributed by atoms with Crippen LogP contribution in [-0.4, -0.2) is 39.6 Å². The predicted octanol–water partition coefficient (Wildman–Crippen LogP) is 2.86. The molecule has 2 aromatic rings. The number of nitrogens with zero attached hydrogens (tertiary/aromatic N) is 1. The molecule has 1 saturated heterocycles. The minimum atomic E-state index is -0.339. The maximum atomic E-state index is 12.5. The van der Waals surface area contributed by atoms with Crippen LogP contribution in [0.25, 0.3) is 10.9 Å². The van der Waals surface area contributed by atoms with Crippen LogP contribution < -0.4 is 0 Å². The number of benzene rings is 1. The van der Waals surface area contributed by atoms with E-state index in [0.717, 1.165) is 31.3 Å². The average molecular weight is 300 g/mol. The first kappa shape index (κ1) is 15.1. The van der Waals surface area contributed by atoms with Crippen LogP contribution in [0.4, 0.5) is 0 Å². The van der Waals surface area contributed by atoms with Crippen molar-refractivity contribution < 1.29 is 9.90 Å². The van der Waals surface area contributed by atoms with Crippen LogP contribution >= 0.6 is 0 Å². The zero-order valence-electron chi connectivity index (χ0n) is 13.1. The molecule has 1 aliphatic rings. The van der Waals surface area contributed by atoms with E-state index in [1.807, 2.05) is 11.1 Å². The Balaban J connectivity index is 1.59. The summed E-state index contributed by atoms with van der Waals surface area (Å²) in [4.78, 5) is 17.6. The highest BCUT2D eigenvalue weighted by atomic mass is 16.3. The fourth-order valence-electron chi connectivity index (χ4n) is 3.46. The van der Waals surface area contributed by atoms with Gasteiger partial charge in [0.15, 0.2) is 0 Å². The Hall–Kier alpha value is -1.81. The van der Waals surface area contributed by atoms with Gasteiger partial charge in [-0.25, -0.2) is 0 Å². The smallest absolute Gasteiger partial charge is 0.223 e. The maximum absolute atomic E-state index is 12.5. The number of carbonyl (C=O) groups excluding carboxylic acids is 1. The number of aliphatic hydroxyl groups is 1. The summed E-state index contributed by atoms with van der Waals surface area (Å²) in [5.41, 5.74) is 2.33. The molecular formula is C18H24N2O2. The Bertz CT molecular complexity index is 647. The van der Waals surface area contributed by atoms with Crippen LogP contribution in [0.1, 0.15) is 38.2 Å². The minimum Gasteiger partial charge on any atom is -0.393 e. The van der Waals surface area contributed by atoms with Crippen molar-refractivity contribution in [2.75, 3.05) is 6.54 Å². The van der Waals surface area contributed by atoms with Crippen LogP contribution in [-0.2, 0) is 11.2 Å². The van der Waals surface area contributed by atoms with Gasteiger partial charge >= 0.3 is 0 Å². The van der Waals surface area contributed by atoms with Crippen molar-refractivity contribution in [3.8, 4) is 0 Å². The van der Waals surface area contributed by atoms with Gasteiger partial charge in [0.2, 0.25) is 5.91 Å². The number of hydrogen-bond acceptors (Lipinski definition) is 2. The van der Waals surface area contributed by atoms with Gasteiger partial charge in [-0.3, -0.25) is 4.79 Å². The topological polar surface area (TPSA) is 56.3 Å². The van der Waals surface area contributed by atoms with E-state index >= 15 is 0 Å². The van der Waals surface area contributed by atoms with E-state index in [0.29, 0.717) is 12.8 Å². The normalized spacial score (nSPS) is 19.7. The van der Waals surface area contributed by atoms with E-state index < -0.39 is 0 Å². The average Bonchev–Trinajstić information content (AvgIpc) is 3.12. The molecule has 2 atom stereocenters. The number of rotatable bonds is 5. The lowest BCUT2D eigenvalue weighted by atomic mass is 10.1. The number of hydrogen-bond donors (Lipinski definition) is 2. The molecule has 4 heteroatoms. The minimum absolute atomic E-state index is 0.220.